The van der Waals surface area contributed by atoms with Crippen molar-refractivity contribution in [1.82, 2.24) is 10.5 Å². The number of nitrogens with two attached hydrogens (primary N) is 1. The maximum absolute atomic E-state index is 11.7. The van der Waals surface area contributed by atoms with Gasteiger partial charge in [-0.25, -0.2) is 8.42 Å². The van der Waals surface area contributed by atoms with Crippen molar-refractivity contribution in [3.63, 3.8) is 0 Å². The summed E-state index contributed by atoms with van der Waals surface area (Å²) < 4.78 is 26.9. The van der Waals surface area contributed by atoms with Crippen LogP contribution < -0.4 is 11.1 Å². The van der Waals surface area contributed by atoms with E-state index < -0.39 is 15.9 Å². The highest BCUT2D eigenvalue weighted by Crippen LogP contribution is 2.11. The lowest BCUT2D eigenvalue weighted by atomic mass is 10.2. The van der Waals surface area contributed by atoms with Crippen LogP contribution in [0.3, 0.4) is 0 Å². The van der Waals surface area contributed by atoms with Crippen LogP contribution in [0, 0.1) is 13.8 Å². The SMILES string of the molecule is Cc1noc(C)c1CNC(=O)C(N)CCS(C)(=O)=O. The van der Waals surface area contributed by atoms with E-state index in [9.17, 15) is 13.2 Å². The zero-order valence-corrected chi connectivity index (χ0v) is 12.1. The Bertz CT molecular complexity index is 531. The number of hydrogen-bond donors (Lipinski definition) is 2. The third kappa shape index (κ3) is 4.99. The van der Waals surface area contributed by atoms with Gasteiger partial charge in [-0.1, -0.05) is 5.16 Å². The second kappa shape index (κ2) is 6.16. The summed E-state index contributed by atoms with van der Waals surface area (Å²) in [6, 6.07) is -0.838. The predicted octanol–water partition coefficient (Wildman–Crippen LogP) is -0.330. The number of amides is 1. The molecule has 0 bridgehead atoms. The molecule has 0 fully saturated rings. The molecule has 0 spiro atoms. The molecule has 1 amide bonds. The third-order valence-electron chi connectivity index (χ3n) is 2.76. The number of aromatic nitrogens is 1. The quantitative estimate of drug-likeness (QED) is 0.741. The molecular weight excluding hydrogens is 270 g/mol. The normalized spacial score (nSPS) is 13.3. The van der Waals surface area contributed by atoms with Gasteiger partial charge in [0.1, 0.15) is 15.6 Å². The molecule has 108 valence electrons. The van der Waals surface area contributed by atoms with Gasteiger partial charge in [-0.05, 0) is 20.3 Å². The molecule has 0 aromatic carbocycles. The summed E-state index contributed by atoms with van der Waals surface area (Å²) in [5, 5.41) is 6.41. The Labute approximate surface area is 112 Å². The van der Waals surface area contributed by atoms with Crippen molar-refractivity contribution in [1.29, 1.82) is 0 Å². The number of carbonyl (C=O) groups is 1. The maximum Gasteiger partial charge on any atom is 0.237 e. The topological polar surface area (TPSA) is 115 Å². The summed E-state index contributed by atoms with van der Waals surface area (Å²) in [5.41, 5.74) is 7.14. The van der Waals surface area contributed by atoms with E-state index in [1.54, 1.807) is 13.8 Å². The zero-order chi connectivity index (χ0) is 14.6. The average molecular weight is 289 g/mol. The standard InChI is InChI=1S/C11H19N3O4S/c1-7-9(8(2)18-14-7)6-13-11(15)10(12)4-5-19(3,16)17/h10H,4-6,12H2,1-3H3,(H,13,15). The molecule has 19 heavy (non-hydrogen) atoms. The van der Waals surface area contributed by atoms with Gasteiger partial charge in [0.05, 0.1) is 17.5 Å². The highest BCUT2D eigenvalue weighted by atomic mass is 32.2. The third-order valence-corrected chi connectivity index (χ3v) is 3.73. The Morgan fingerprint density at radius 3 is 2.58 bits per heavy atom. The van der Waals surface area contributed by atoms with E-state index in [2.05, 4.69) is 10.5 Å². The zero-order valence-electron chi connectivity index (χ0n) is 11.3. The van der Waals surface area contributed by atoms with Crippen LogP contribution in [0.25, 0.3) is 0 Å². The largest absolute Gasteiger partial charge is 0.361 e. The van der Waals surface area contributed by atoms with E-state index in [-0.39, 0.29) is 24.6 Å². The van der Waals surface area contributed by atoms with E-state index in [0.29, 0.717) is 11.5 Å². The molecule has 3 N–H and O–H groups in total. The summed E-state index contributed by atoms with van der Waals surface area (Å²) in [4.78, 5) is 11.7. The Hall–Kier alpha value is -1.41. The summed E-state index contributed by atoms with van der Waals surface area (Å²) in [6.07, 6.45) is 1.22. The van der Waals surface area contributed by atoms with Crippen molar-refractivity contribution < 1.29 is 17.7 Å². The number of aryl methyl sites for hydroxylation is 2. The number of nitrogens with zero attached hydrogens (tertiary/aromatic N) is 1. The van der Waals surface area contributed by atoms with Crippen LogP contribution in [0.4, 0.5) is 0 Å². The van der Waals surface area contributed by atoms with Crippen LogP contribution in [0.5, 0.6) is 0 Å². The van der Waals surface area contributed by atoms with Gasteiger partial charge in [0.15, 0.2) is 0 Å². The Balaban J connectivity index is 2.47. The molecule has 0 aliphatic heterocycles. The fraction of sp³-hybridized carbons (Fsp3) is 0.636. The number of carbonyl (C=O) groups excluding carboxylic acids is 1. The van der Waals surface area contributed by atoms with Crippen molar-refractivity contribution in [2.45, 2.75) is 32.9 Å². The van der Waals surface area contributed by atoms with Crippen molar-refractivity contribution in [3.05, 3.63) is 17.0 Å². The fourth-order valence-corrected chi connectivity index (χ4v) is 2.22. The number of hydrogen-bond acceptors (Lipinski definition) is 6. The van der Waals surface area contributed by atoms with Gasteiger partial charge in [-0.2, -0.15) is 0 Å². The van der Waals surface area contributed by atoms with Gasteiger partial charge >= 0.3 is 0 Å². The lowest BCUT2D eigenvalue weighted by Crippen LogP contribution is -2.41. The van der Waals surface area contributed by atoms with Crippen molar-refractivity contribution in [2.24, 2.45) is 5.73 Å². The first-order chi connectivity index (χ1) is 8.70. The highest BCUT2D eigenvalue weighted by Gasteiger charge is 2.17. The van der Waals surface area contributed by atoms with Crippen molar-refractivity contribution in [3.8, 4) is 0 Å². The first-order valence-electron chi connectivity index (χ1n) is 5.83. The molecule has 1 aromatic rings. The second-order valence-electron chi connectivity index (χ2n) is 4.55. The van der Waals surface area contributed by atoms with Gasteiger partial charge in [0.2, 0.25) is 5.91 Å². The fourth-order valence-electron chi connectivity index (χ4n) is 1.53. The molecule has 0 aliphatic rings. The molecular formula is C11H19N3O4S. The predicted molar refractivity (Wildman–Crippen MR) is 70.1 cm³/mol. The Morgan fingerprint density at radius 1 is 1.47 bits per heavy atom. The number of sulfone groups is 1. The highest BCUT2D eigenvalue weighted by molar-refractivity contribution is 7.90. The van der Waals surface area contributed by atoms with Gasteiger partial charge in [0, 0.05) is 18.4 Å². The second-order valence-corrected chi connectivity index (χ2v) is 6.81. The molecule has 7 nitrogen and oxygen atoms in total. The van der Waals surface area contributed by atoms with Gasteiger partial charge in [-0.3, -0.25) is 4.79 Å². The Morgan fingerprint density at radius 2 is 2.11 bits per heavy atom. The molecule has 8 heteroatoms. The minimum atomic E-state index is -3.11. The molecule has 1 heterocycles. The molecule has 1 atom stereocenters. The molecule has 0 saturated carbocycles. The summed E-state index contributed by atoms with van der Waals surface area (Å²) in [6.45, 7) is 3.80. The molecule has 0 saturated heterocycles. The van der Waals surface area contributed by atoms with Crippen molar-refractivity contribution in [2.75, 3.05) is 12.0 Å². The van der Waals surface area contributed by atoms with Gasteiger partial charge in [0.25, 0.3) is 0 Å². The molecule has 0 radical (unpaired) electrons. The first-order valence-corrected chi connectivity index (χ1v) is 7.89. The lowest BCUT2D eigenvalue weighted by Gasteiger charge is -2.11. The van der Waals surface area contributed by atoms with E-state index in [1.165, 1.54) is 0 Å². The van der Waals surface area contributed by atoms with Crippen LogP contribution in [0.2, 0.25) is 0 Å². The average Bonchev–Trinajstić information content (AvgIpc) is 2.62. The van der Waals surface area contributed by atoms with Gasteiger partial charge < -0.3 is 15.6 Å². The summed E-state index contributed by atoms with van der Waals surface area (Å²) in [5.74, 6) is 0.151. The molecule has 1 unspecified atom stereocenters. The minimum absolute atomic E-state index is 0.103. The van der Waals surface area contributed by atoms with E-state index >= 15 is 0 Å². The van der Waals surface area contributed by atoms with Crippen LogP contribution in [0.1, 0.15) is 23.4 Å². The molecule has 1 rings (SSSR count). The minimum Gasteiger partial charge on any atom is -0.361 e. The van der Waals surface area contributed by atoms with Crippen LogP contribution in [-0.2, 0) is 21.2 Å². The molecule has 1 aromatic heterocycles. The van der Waals surface area contributed by atoms with E-state index in [0.717, 1.165) is 11.8 Å². The summed E-state index contributed by atoms with van der Waals surface area (Å²) >= 11 is 0. The van der Waals surface area contributed by atoms with Crippen LogP contribution in [0.15, 0.2) is 4.52 Å². The van der Waals surface area contributed by atoms with E-state index in [4.69, 9.17) is 10.3 Å². The first kappa shape index (κ1) is 15.6. The van der Waals surface area contributed by atoms with E-state index in [1.807, 2.05) is 0 Å². The van der Waals surface area contributed by atoms with Crippen LogP contribution in [-0.4, -0.2) is 37.5 Å². The summed E-state index contributed by atoms with van der Waals surface area (Å²) in [7, 11) is -3.11. The number of rotatable bonds is 6. The van der Waals surface area contributed by atoms with Crippen molar-refractivity contribution >= 4 is 15.7 Å². The smallest absolute Gasteiger partial charge is 0.237 e. The van der Waals surface area contributed by atoms with Crippen LogP contribution >= 0.6 is 0 Å². The number of nitrogens with one attached hydrogen (secondary N) is 1. The monoisotopic (exact) mass is 289 g/mol. The van der Waals surface area contributed by atoms with Gasteiger partial charge in [-0.15, -0.1) is 0 Å². The Kier molecular flexibility index (Phi) is 5.07. The molecule has 0 aliphatic carbocycles. The maximum atomic E-state index is 11.7. The lowest BCUT2D eigenvalue weighted by molar-refractivity contribution is -0.122.